The third-order valence-electron chi connectivity index (χ3n) is 7.28. The summed E-state index contributed by atoms with van der Waals surface area (Å²) in [5.74, 6) is 2.86. The monoisotopic (exact) mass is 493 g/mol. The van der Waals surface area contributed by atoms with E-state index in [9.17, 15) is 0 Å². The molecule has 4 nitrogen and oxygen atoms in total. The minimum atomic E-state index is 0.229. The molecule has 4 aromatic rings. The van der Waals surface area contributed by atoms with E-state index in [-0.39, 0.29) is 5.92 Å². The zero-order chi connectivity index (χ0) is 25.5. The van der Waals surface area contributed by atoms with Crippen molar-refractivity contribution >= 4 is 17.0 Å². The molecule has 2 heterocycles. The number of fused-ring (bicyclic) bond motifs is 12. The Balaban J connectivity index is 1.69. The van der Waals surface area contributed by atoms with Crippen LogP contribution in [-0.2, 0) is 0 Å². The second-order valence-electron chi connectivity index (χ2n) is 9.54. The molecule has 2 aliphatic heterocycles. The maximum atomic E-state index is 5.92. The van der Waals surface area contributed by atoms with E-state index in [1.807, 2.05) is 18.3 Å². The summed E-state index contributed by atoms with van der Waals surface area (Å²) in [5.41, 5.74) is 4.97. The Kier molecular flexibility index (Phi) is 8.05. The topological polar surface area (TPSA) is 40.0 Å². The minimum Gasteiger partial charge on any atom is -0.497 e. The fraction of sp³-hybridized carbons (Fsp3) is 0.303. The number of methoxy groups -OCH3 is 2. The number of hydrogen-bond donors (Lipinski definition) is 0. The van der Waals surface area contributed by atoms with E-state index >= 15 is 0 Å². The van der Waals surface area contributed by atoms with Gasteiger partial charge in [0.2, 0.25) is 0 Å². The van der Waals surface area contributed by atoms with Gasteiger partial charge in [0.25, 0.3) is 0 Å². The summed E-state index contributed by atoms with van der Waals surface area (Å²) in [5, 5.41) is 2.43. The van der Waals surface area contributed by atoms with Crippen molar-refractivity contribution in [2.45, 2.75) is 38.0 Å². The molecule has 0 radical (unpaired) electrons. The average Bonchev–Trinajstić information content (AvgIpc) is 2.97. The normalized spacial score (nSPS) is 16.5. The van der Waals surface area contributed by atoms with Crippen LogP contribution in [0.2, 0.25) is 0 Å². The first-order valence-corrected chi connectivity index (χ1v) is 13.2. The van der Waals surface area contributed by atoms with Crippen LogP contribution in [0.25, 0.3) is 21.9 Å². The minimum absolute atomic E-state index is 0.229. The van der Waals surface area contributed by atoms with Gasteiger partial charge in [-0.15, -0.1) is 0 Å². The van der Waals surface area contributed by atoms with Gasteiger partial charge in [-0.2, -0.15) is 0 Å². The zero-order valence-corrected chi connectivity index (χ0v) is 21.8. The summed E-state index contributed by atoms with van der Waals surface area (Å²) >= 11 is 0. The molecule has 4 heteroatoms. The lowest BCUT2D eigenvalue weighted by molar-refractivity contribution is 0.380. The van der Waals surface area contributed by atoms with Gasteiger partial charge < -0.3 is 14.2 Å². The Hall–Kier alpha value is -3.79. The van der Waals surface area contributed by atoms with Crippen molar-refractivity contribution in [3.8, 4) is 28.4 Å². The summed E-state index contributed by atoms with van der Waals surface area (Å²) in [4.78, 5) is 4.50. The lowest BCUT2D eigenvalue weighted by Gasteiger charge is -2.25. The van der Waals surface area contributed by atoms with Crippen LogP contribution in [0.3, 0.4) is 0 Å². The van der Waals surface area contributed by atoms with Crippen molar-refractivity contribution < 1.29 is 14.2 Å². The summed E-state index contributed by atoms with van der Waals surface area (Å²) in [6, 6.07) is 27.8. The van der Waals surface area contributed by atoms with Gasteiger partial charge in [0.15, 0.2) is 0 Å². The van der Waals surface area contributed by atoms with Crippen LogP contribution in [-0.4, -0.2) is 33.6 Å². The molecule has 0 saturated carbocycles. The predicted octanol–water partition coefficient (Wildman–Crippen LogP) is 8.07. The molecule has 1 atom stereocenters. The largest absolute Gasteiger partial charge is 0.497 e. The van der Waals surface area contributed by atoms with Gasteiger partial charge in [-0.3, -0.25) is 4.99 Å². The second-order valence-corrected chi connectivity index (χ2v) is 9.54. The highest BCUT2D eigenvalue weighted by molar-refractivity contribution is 5.94. The van der Waals surface area contributed by atoms with Crippen molar-refractivity contribution in [2.24, 2.45) is 4.99 Å². The van der Waals surface area contributed by atoms with Gasteiger partial charge in [-0.25, -0.2) is 0 Å². The Bertz CT molecular complexity index is 1360. The number of aliphatic imine (C=N–C) groups is 1. The fourth-order valence-corrected chi connectivity index (χ4v) is 5.39. The quantitative estimate of drug-likeness (QED) is 0.289. The van der Waals surface area contributed by atoms with Gasteiger partial charge in [0, 0.05) is 24.2 Å². The van der Waals surface area contributed by atoms with Crippen LogP contribution >= 0.6 is 0 Å². The molecule has 6 rings (SSSR count). The highest BCUT2D eigenvalue weighted by atomic mass is 16.5. The summed E-state index contributed by atoms with van der Waals surface area (Å²) in [6.07, 6.45) is 7.62. The van der Waals surface area contributed by atoms with E-state index in [2.05, 4.69) is 71.7 Å². The number of benzene rings is 4. The first-order chi connectivity index (χ1) is 18.3. The molecule has 4 aromatic carbocycles. The van der Waals surface area contributed by atoms with Crippen molar-refractivity contribution in [1.29, 1.82) is 0 Å². The molecule has 0 saturated heterocycles. The van der Waals surface area contributed by atoms with Crippen molar-refractivity contribution in [2.75, 3.05) is 27.4 Å². The van der Waals surface area contributed by atoms with Crippen LogP contribution in [0.15, 0.2) is 83.9 Å². The third-order valence-corrected chi connectivity index (χ3v) is 7.28. The number of para-hydroxylation sites is 1. The third kappa shape index (κ3) is 5.64. The zero-order valence-electron chi connectivity index (χ0n) is 21.8. The summed E-state index contributed by atoms with van der Waals surface area (Å²) in [7, 11) is 3.47. The van der Waals surface area contributed by atoms with E-state index < -0.39 is 0 Å². The molecule has 2 bridgehead atoms. The standard InChI is InChI=1S/C33H35NO3/c1-35-27-17-19-29-25(23-27)14-18-31(30-10-6-7-11-32(30)36-2)33(29)28-9-5-3-4-8-20-34-21-22-37-26-15-12-24(28)13-16-26/h6-7,10-19,21,23,28H,3-5,8-9,20,22H2,1-2H3. The predicted molar refractivity (Wildman–Crippen MR) is 153 cm³/mol. The smallest absolute Gasteiger partial charge is 0.126 e. The first-order valence-electron chi connectivity index (χ1n) is 13.2. The molecular formula is C33H35NO3. The molecule has 0 spiro atoms. The summed E-state index contributed by atoms with van der Waals surface area (Å²) in [6.45, 7) is 1.38. The first kappa shape index (κ1) is 24.9. The molecule has 190 valence electrons. The van der Waals surface area contributed by atoms with Gasteiger partial charge in [0.05, 0.1) is 14.2 Å². The van der Waals surface area contributed by atoms with Gasteiger partial charge >= 0.3 is 0 Å². The van der Waals surface area contributed by atoms with Gasteiger partial charge in [-0.1, -0.05) is 67.8 Å². The van der Waals surface area contributed by atoms with E-state index in [4.69, 9.17) is 14.2 Å². The number of ether oxygens (including phenoxy) is 3. The van der Waals surface area contributed by atoms with Crippen LogP contribution in [0.1, 0.15) is 49.1 Å². The molecule has 0 N–H and O–H groups in total. The summed E-state index contributed by atoms with van der Waals surface area (Å²) < 4.78 is 17.3. The SMILES string of the molecule is COc1ccc2c(C3CCCCCCN=CCOc4ccc3cc4)c(-c3ccccc3OC)ccc2c1. The lowest BCUT2D eigenvalue weighted by atomic mass is 9.80. The highest BCUT2D eigenvalue weighted by Crippen LogP contribution is 2.44. The van der Waals surface area contributed by atoms with Gasteiger partial charge in [-0.05, 0) is 70.6 Å². The molecule has 1 unspecified atom stereocenters. The molecule has 0 fully saturated rings. The molecule has 0 aromatic heterocycles. The van der Waals surface area contributed by atoms with Crippen LogP contribution in [0.4, 0.5) is 0 Å². The van der Waals surface area contributed by atoms with Gasteiger partial charge in [0.1, 0.15) is 23.9 Å². The molecule has 0 amide bonds. The molecular weight excluding hydrogens is 458 g/mol. The highest BCUT2D eigenvalue weighted by Gasteiger charge is 2.23. The molecule has 2 aliphatic rings. The molecule has 37 heavy (non-hydrogen) atoms. The van der Waals surface area contributed by atoms with Crippen molar-refractivity contribution in [3.63, 3.8) is 0 Å². The van der Waals surface area contributed by atoms with Crippen LogP contribution in [0, 0.1) is 0 Å². The number of hydrogen-bond acceptors (Lipinski definition) is 4. The fourth-order valence-electron chi connectivity index (χ4n) is 5.39. The Labute approximate surface area is 219 Å². The molecule has 0 aliphatic carbocycles. The number of rotatable bonds is 4. The maximum absolute atomic E-state index is 5.92. The van der Waals surface area contributed by atoms with Crippen molar-refractivity contribution in [3.05, 3.63) is 90.0 Å². The van der Waals surface area contributed by atoms with Crippen LogP contribution in [0.5, 0.6) is 17.2 Å². The van der Waals surface area contributed by atoms with E-state index in [0.29, 0.717) is 6.61 Å². The average molecular weight is 494 g/mol. The van der Waals surface area contributed by atoms with E-state index in [1.54, 1.807) is 14.2 Å². The maximum Gasteiger partial charge on any atom is 0.126 e. The van der Waals surface area contributed by atoms with Crippen molar-refractivity contribution in [1.82, 2.24) is 0 Å². The lowest BCUT2D eigenvalue weighted by Crippen LogP contribution is -2.06. The van der Waals surface area contributed by atoms with Crippen LogP contribution < -0.4 is 14.2 Å². The van der Waals surface area contributed by atoms with E-state index in [1.165, 1.54) is 40.3 Å². The Morgan fingerprint density at radius 2 is 1.62 bits per heavy atom. The Morgan fingerprint density at radius 1 is 0.784 bits per heavy atom. The number of nitrogens with zero attached hydrogens (tertiary/aromatic N) is 1. The van der Waals surface area contributed by atoms with E-state index in [0.717, 1.165) is 48.6 Å². The Morgan fingerprint density at radius 3 is 2.46 bits per heavy atom. The second kappa shape index (κ2) is 12.0.